The van der Waals surface area contributed by atoms with Gasteiger partial charge in [0.1, 0.15) is 17.4 Å². The van der Waals surface area contributed by atoms with Crippen molar-refractivity contribution in [3.05, 3.63) is 90.0 Å². The van der Waals surface area contributed by atoms with Gasteiger partial charge in [0.15, 0.2) is 0 Å². The number of ether oxygens (including phenoxy) is 1. The minimum absolute atomic E-state index is 0.116. The lowest BCUT2D eigenvalue weighted by Crippen LogP contribution is -2.16. The second-order valence-electron chi connectivity index (χ2n) is 8.24. The Morgan fingerprint density at radius 3 is 1.94 bits per heavy atom. The van der Waals surface area contributed by atoms with Crippen molar-refractivity contribution in [3.8, 4) is 28.0 Å². The molecule has 0 unspecified atom stereocenters. The average Bonchev–Trinajstić information content (AvgIpc) is 2.78. The topological polar surface area (TPSA) is 9.23 Å². The molecule has 1 nitrogen and oxygen atoms in total. The van der Waals surface area contributed by atoms with E-state index in [-0.39, 0.29) is 11.1 Å². The Balaban J connectivity index is 1.60. The van der Waals surface area contributed by atoms with Crippen LogP contribution in [-0.2, 0) is 6.42 Å². The summed E-state index contributed by atoms with van der Waals surface area (Å²) in [6.45, 7) is 2.17. The first-order valence-corrected chi connectivity index (χ1v) is 11.1. The smallest absolute Gasteiger partial charge is 0.406 e. The predicted octanol–water partition coefficient (Wildman–Crippen LogP) is 9.08. The quantitative estimate of drug-likeness (QED) is 0.193. The van der Waals surface area contributed by atoms with Gasteiger partial charge in [0.05, 0.1) is 5.56 Å². The van der Waals surface area contributed by atoms with Crippen LogP contribution in [-0.4, -0.2) is 6.36 Å². The van der Waals surface area contributed by atoms with E-state index in [4.69, 9.17) is 0 Å². The molecule has 6 heteroatoms. The van der Waals surface area contributed by atoms with E-state index in [1.807, 2.05) is 24.3 Å². The fourth-order valence-electron chi connectivity index (χ4n) is 4.05. The minimum atomic E-state index is -4.84. The maximum Gasteiger partial charge on any atom is 0.573 e. The van der Waals surface area contributed by atoms with E-state index in [1.165, 1.54) is 42.7 Å². The lowest BCUT2D eigenvalue weighted by Gasteiger charge is -2.12. The summed E-state index contributed by atoms with van der Waals surface area (Å²) in [5.41, 5.74) is 2.13. The Morgan fingerprint density at radius 2 is 1.29 bits per heavy atom. The first kappa shape index (κ1) is 23.7. The van der Waals surface area contributed by atoms with Crippen LogP contribution in [0.4, 0.5) is 22.0 Å². The van der Waals surface area contributed by atoms with Crippen molar-refractivity contribution in [1.82, 2.24) is 0 Å². The molecule has 4 aromatic carbocycles. The van der Waals surface area contributed by atoms with E-state index in [9.17, 15) is 22.0 Å². The summed E-state index contributed by atoms with van der Waals surface area (Å²) in [5, 5.41) is 2.04. The van der Waals surface area contributed by atoms with Gasteiger partial charge in [0.25, 0.3) is 0 Å². The van der Waals surface area contributed by atoms with Gasteiger partial charge in [-0.3, -0.25) is 0 Å². The number of alkyl halides is 3. The van der Waals surface area contributed by atoms with E-state index in [2.05, 4.69) is 23.8 Å². The fraction of sp³-hybridized carbons (Fsp3) is 0.214. The zero-order valence-corrected chi connectivity index (χ0v) is 18.6. The number of halogens is 5. The third kappa shape index (κ3) is 5.56. The van der Waals surface area contributed by atoms with Crippen molar-refractivity contribution in [2.24, 2.45) is 0 Å². The Morgan fingerprint density at radius 1 is 0.676 bits per heavy atom. The van der Waals surface area contributed by atoms with Crippen molar-refractivity contribution in [2.75, 3.05) is 0 Å². The summed E-state index contributed by atoms with van der Waals surface area (Å²) in [7, 11) is 0. The molecule has 4 rings (SSSR count). The molecular formula is C28H23F5O. The number of unbranched alkanes of at least 4 members (excludes halogenated alkanes) is 2. The highest BCUT2D eigenvalue weighted by molar-refractivity contribution is 5.88. The number of rotatable bonds is 7. The number of hydrogen-bond acceptors (Lipinski definition) is 1. The Labute approximate surface area is 194 Å². The molecular weight excluding hydrogens is 447 g/mol. The largest absolute Gasteiger partial charge is 0.573 e. The molecule has 0 aliphatic carbocycles. The summed E-state index contributed by atoms with van der Waals surface area (Å²) in [5.74, 6) is -2.06. The van der Waals surface area contributed by atoms with Gasteiger partial charge in [-0.05, 0) is 76.2 Å². The van der Waals surface area contributed by atoms with Gasteiger partial charge in [0.2, 0.25) is 0 Å². The van der Waals surface area contributed by atoms with Gasteiger partial charge in [-0.1, -0.05) is 62.2 Å². The van der Waals surface area contributed by atoms with E-state index < -0.39 is 23.7 Å². The Bertz CT molecular complexity index is 1270. The lowest BCUT2D eigenvalue weighted by molar-refractivity contribution is -0.274. The van der Waals surface area contributed by atoms with Crippen molar-refractivity contribution >= 4 is 10.8 Å². The van der Waals surface area contributed by atoms with Crippen molar-refractivity contribution < 1.29 is 26.7 Å². The predicted molar refractivity (Wildman–Crippen MR) is 125 cm³/mol. The first-order chi connectivity index (χ1) is 16.2. The zero-order chi connectivity index (χ0) is 24.3. The molecule has 0 fully saturated rings. The number of benzene rings is 4. The maximum atomic E-state index is 14.9. The maximum absolute atomic E-state index is 14.9. The average molecular weight is 470 g/mol. The van der Waals surface area contributed by atoms with Crippen molar-refractivity contribution in [1.29, 1.82) is 0 Å². The zero-order valence-electron chi connectivity index (χ0n) is 18.6. The standard InChI is InChI=1S/C28H23F5O/c1-2-3-4-5-18-6-7-21-15-22(9-8-20(21)14-18)23-16-25(29)27(26(30)17-23)19-10-12-24(13-11-19)34-28(31,32)33/h6-17H,2-5H2,1H3. The minimum Gasteiger partial charge on any atom is -0.406 e. The number of fused-ring (bicyclic) bond motifs is 1. The molecule has 0 radical (unpaired) electrons. The first-order valence-electron chi connectivity index (χ1n) is 11.1. The Kier molecular flexibility index (Phi) is 6.87. The molecule has 0 aliphatic rings. The summed E-state index contributed by atoms with van der Waals surface area (Å²) in [6, 6.07) is 18.8. The van der Waals surface area contributed by atoms with Crippen LogP contribution in [0.1, 0.15) is 31.7 Å². The lowest BCUT2D eigenvalue weighted by atomic mass is 9.96. The molecule has 0 amide bonds. The Hall–Kier alpha value is -3.41. The highest BCUT2D eigenvalue weighted by Gasteiger charge is 2.31. The molecule has 0 aliphatic heterocycles. The third-order valence-electron chi connectivity index (χ3n) is 5.73. The summed E-state index contributed by atoms with van der Waals surface area (Å²) >= 11 is 0. The fourth-order valence-corrected chi connectivity index (χ4v) is 4.05. The van der Waals surface area contributed by atoms with Crippen LogP contribution in [0.15, 0.2) is 72.8 Å². The van der Waals surface area contributed by atoms with E-state index in [0.717, 1.165) is 35.7 Å². The number of hydrogen-bond donors (Lipinski definition) is 0. The van der Waals surface area contributed by atoms with Crippen LogP contribution in [0, 0.1) is 11.6 Å². The van der Waals surface area contributed by atoms with Crippen LogP contribution in [0.25, 0.3) is 33.0 Å². The van der Waals surface area contributed by atoms with Crippen LogP contribution >= 0.6 is 0 Å². The van der Waals surface area contributed by atoms with Crippen molar-refractivity contribution in [2.45, 2.75) is 39.0 Å². The van der Waals surface area contributed by atoms with Crippen LogP contribution in [0.5, 0.6) is 5.75 Å². The van der Waals surface area contributed by atoms with Crippen LogP contribution in [0.2, 0.25) is 0 Å². The normalized spacial score (nSPS) is 11.7. The van der Waals surface area contributed by atoms with Crippen molar-refractivity contribution in [3.63, 3.8) is 0 Å². The summed E-state index contributed by atoms with van der Waals surface area (Å²) in [6.07, 6.45) is -0.317. The van der Waals surface area contributed by atoms with Crippen LogP contribution < -0.4 is 4.74 Å². The molecule has 0 heterocycles. The van der Waals surface area contributed by atoms with Gasteiger partial charge >= 0.3 is 6.36 Å². The summed E-state index contributed by atoms with van der Waals surface area (Å²) in [4.78, 5) is 0. The van der Waals surface area contributed by atoms with Gasteiger partial charge in [0, 0.05) is 0 Å². The molecule has 176 valence electrons. The summed E-state index contributed by atoms with van der Waals surface area (Å²) < 4.78 is 70.7. The molecule has 0 aromatic heterocycles. The molecule has 0 bridgehead atoms. The van der Waals surface area contributed by atoms with E-state index in [0.29, 0.717) is 11.1 Å². The monoisotopic (exact) mass is 470 g/mol. The molecule has 0 spiro atoms. The van der Waals surface area contributed by atoms with Gasteiger partial charge in [-0.15, -0.1) is 13.2 Å². The third-order valence-corrected chi connectivity index (χ3v) is 5.73. The highest BCUT2D eigenvalue weighted by Crippen LogP contribution is 2.34. The second kappa shape index (κ2) is 9.84. The van der Waals surface area contributed by atoms with Crippen LogP contribution in [0.3, 0.4) is 0 Å². The molecule has 0 saturated heterocycles. The van der Waals surface area contributed by atoms with Gasteiger partial charge < -0.3 is 4.74 Å². The van der Waals surface area contributed by atoms with E-state index >= 15 is 0 Å². The SMILES string of the molecule is CCCCCc1ccc2cc(-c3cc(F)c(-c4ccc(OC(F)(F)F)cc4)c(F)c3)ccc2c1. The molecule has 0 saturated carbocycles. The van der Waals surface area contributed by atoms with Gasteiger partial charge in [-0.25, -0.2) is 8.78 Å². The van der Waals surface area contributed by atoms with E-state index in [1.54, 1.807) is 0 Å². The molecule has 34 heavy (non-hydrogen) atoms. The second-order valence-corrected chi connectivity index (χ2v) is 8.24. The van der Waals surface area contributed by atoms with Gasteiger partial charge in [-0.2, -0.15) is 0 Å². The highest BCUT2D eigenvalue weighted by atomic mass is 19.4. The molecule has 0 atom stereocenters. The molecule has 0 N–H and O–H groups in total. The molecule has 4 aromatic rings. The number of aryl methyl sites for hydroxylation is 1.